The Hall–Kier alpha value is -2.74. The van der Waals surface area contributed by atoms with Gasteiger partial charge in [-0.3, -0.25) is 9.59 Å². The molecule has 0 radical (unpaired) electrons. The molecule has 1 aliphatic heterocycles. The van der Waals surface area contributed by atoms with Gasteiger partial charge in [0.15, 0.2) is 5.78 Å². The molecule has 4 rings (SSSR count). The lowest BCUT2D eigenvalue weighted by molar-refractivity contribution is -0.138. The van der Waals surface area contributed by atoms with Gasteiger partial charge in [0, 0.05) is 32.0 Å². The van der Waals surface area contributed by atoms with Crippen LogP contribution < -0.4 is 5.73 Å². The van der Waals surface area contributed by atoms with E-state index < -0.39 is 0 Å². The van der Waals surface area contributed by atoms with Gasteiger partial charge < -0.3 is 15.4 Å². The van der Waals surface area contributed by atoms with Crippen LogP contribution in [0.1, 0.15) is 48.9 Å². The molecular weight excluding hydrogens is 399 g/mol. The zero-order valence-corrected chi connectivity index (χ0v) is 17.8. The van der Waals surface area contributed by atoms with E-state index in [2.05, 4.69) is 5.10 Å². The van der Waals surface area contributed by atoms with Crippen LogP contribution in [-0.4, -0.2) is 52.7 Å². The summed E-state index contributed by atoms with van der Waals surface area (Å²) in [7, 11) is 1.72. The number of benzene rings is 1. The first-order chi connectivity index (χ1) is 15.0. The fraction of sp³-hybridized carbons (Fsp3) is 0.522. The summed E-state index contributed by atoms with van der Waals surface area (Å²) in [5, 5.41) is 4.23. The quantitative estimate of drug-likeness (QED) is 0.739. The third-order valence-corrected chi connectivity index (χ3v) is 6.60. The van der Waals surface area contributed by atoms with Gasteiger partial charge in [0.1, 0.15) is 11.6 Å². The SMILES string of the molecule is COC1CCC(C(=O)N2CCC[C@H](C(=O)c3cnn(-c4ccc(F)cc4)c3N)C2)CC1. The maximum absolute atomic E-state index is 13.2. The molecule has 31 heavy (non-hydrogen) atoms. The van der Waals surface area contributed by atoms with Gasteiger partial charge in [0.25, 0.3) is 0 Å². The van der Waals surface area contributed by atoms with E-state index in [1.165, 1.54) is 23.0 Å². The van der Waals surface area contributed by atoms with E-state index in [0.717, 1.165) is 38.5 Å². The van der Waals surface area contributed by atoms with Crippen LogP contribution >= 0.6 is 0 Å². The fourth-order valence-electron chi connectivity index (χ4n) is 4.75. The molecule has 2 aromatic rings. The second kappa shape index (κ2) is 9.18. The molecule has 2 aliphatic rings. The Morgan fingerprint density at radius 3 is 2.48 bits per heavy atom. The average Bonchev–Trinajstić information content (AvgIpc) is 3.20. The highest BCUT2D eigenvalue weighted by molar-refractivity contribution is 6.02. The van der Waals surface area contributed by atoms with E-state index >= 15 is 0 Å². The number of halogens is 1. The van der Waals surface area contributed by atoms with Crippen molar-refractivity contribution in [1.29, 1.82) is 0 Å². The minimum atomic E-state index is -0.353. The molecule has 0 bridgehead atoms. The van der Waals surface area contributed by atoms with Crippen LogP contribution in [0.25, 0.3) is 5.69 Å². The summed E-state index contributed by atoms with van der Waals surface area (Å²) >= 11 is 0. The van der Waals surface area contributed by atoms with Crippen LogP contribution in [0.4, 0.5) is 10.2 Å². The highest BCUT2D eigenvalue weighted by Gasteiger charge is 2.35. The van der Waals surface area contributed by atoms with Crippen molar-refractivity contribution in [2.75, 3.05) is 25.9 Å². The standard InChI is InChI=1S/C23H29FN4O3/c1-31-19-10-4-15(5-11-19)23(30)27-12-2-3-16(14-27)21(29)20-13-26-28(22(20)25)18-8-6-17(24)7-9-18/h6-9,13,15-16,19H,2-5,10-12,14,25H2,1H3/t15?,16-,19?/m0/s1. The number of ketones is 1. The molecule has 2 fully saturated rings. The van der Waals surface area contributed by atoms with Gasteiger partial charge >= 0.3 is 0 Å². The molecular formula is C23H29FN4O3. The number of ether oxygens (including phenoxy) is 1. The van der Waals surface area contributed by atoms with Gasteiger partial charge in [0.05, 0.1) is 23.6 Å². The summed E-state index contributed by atoms with van der Waals surface area (Å²) in [5.41, 5.74) is 7.15. The number of amides is 1. The Labute approximate surface area is 181 Å². The molecule has 7 nitrogen and oxygen atoms in total. The summed E-state index contributed by atoms with van der Waals surface area (Å²) in [6.07, 6.45) is 6.72. The second-order valence-electron chi connectivity index (χ2n) is 8.53. The van der Waals surface area contributed by atoms with Crippen LogP contribution in [0.5, 0.6) is 0 Å². The zero-order valence-electron chi connectivity index (χ0n) is 17.8. The van der Waals surface area contributed by atoms with Crippen LogP contribution in [0, 0.1) is 17.7 Å². The van der Waals surface area contributed by atoms with E-state index in [9.17, 15) is 14.0 Å². The number of nitrogen functional groups attached to an aromatic ring is 1. The molecule has 1 amide bonds. The van der Waals surface area contributed by atoms with E-state index in [1.807, 2.05) is 4.90 Å². The molecule has 0 unspecified atom stereocenters. The molecule has 2 heterocycles. The van der Waals surface area contributed by atoms with Crippen LogP contribution in [0.3, 0.4) is 0 Å². The van der Waals surface area contributed by atoms with E-state index in [1.54, 1.807) is 19.2 Å². The number of carbonyl (C=O) groups is 2. The summed E-state index contributed by atoms with van der Waals surface area (Å²) in [5.74, 6) is -0.326. The van der Waals surface area contributed by atoms with Crippen molar-refractivity contribution in [1.82, 2.24) is 14.7 Å². The van der Waals surface area contributed by atoms with Crippen molar-refractivity contribution in [3.63, 3.8) is 0 Å². The topological polar surface area (TPSA) is 90.5 Å². The molecule has 0 spiro atoms. The molecule has 1 atom stereocenters. The smallest absolute Gasteiger partial charge is 0.225 e. The summed E-state index contributed by atoms with van der Waals surface area (Å²) in [4.78, 5) is 28.1. The number of piperidine rings is 1. The third kappa shape index (κ3) is 4.49. The number of Topliss-reactive ketones (excluding diaryl/α,β-unsaturated/α-hetero) is 1. The van der Waals surface area contributed by atoms with Crippen LogP contribution in [0.15, 0.2) is 30.5 Å². The van der Waals surface area contributed by atoms with Crippen molar-refractivity contribution in [3.8, 4) is 5.69 Å². The lowest BCUT2D eigenvalue weighted by Gasteiger charge is -2.36. The number of methoxy groups -OCH3 is 1. The average molecular weight is 429 g/mol. The van der Waals surface area contributed by atoms with Crippen molar-refractivity contribution >= 4 is 17.5 Å². The second-order valence-corrected chi connectivity index (χ2v) is 8.53. The Kier molecular flexibility index (Phi) is 6.36. The number of nitrogens with zero attached hydrogens (tertiary/aromatic N) is 3. The number of aromatic nitrogens is 2. The first-order valence-corrected chi connectivity index (χ1v) is 10.9. The minimum absolute atomic E-state index is 0.0200. The van der Waals surface area contributed by atoms with Gasteiger partial charge in [-0.2, -0.15) is 5.10 Å². The molecule has 2 N–H and O–H groups in total. The van der Waals surface area contributed by atoms with Gasteiger partial charge in [-0.05, 0) is 62.8 Å². The lowest BCUT2D eigenvalue weighted by atomic mass is 9.85. The van der Waals surface area contributed by atoms with Crippen molar-refractivity contribution < 1.29 is 18.7 Å². The normalized spacial score (nSPS) is 24.2. The van der Waals surface area contributed by atoms with E-state index in [4.69, 9.17) is 10.5 Å². The third-order valence-electron chi connectivity index (χ3n) is 6.60. The molecule has 166 valence electrons. The van der Waals surface area contributed by atoms with Gasteiger partial charge in [-0.15, -0.1) is 0 Å². The highest BCUT2D eigenvalue weighted by Crippen LogP contribution is 2.30. The molecule has 8 heteroatoms. The van der Waals surface area contributed by atoms with Crippen molar-refractivity contribution in [2.45, 2.75) is 44.6 Å². The van der Waals surface area contributed by atoms with E-state index in [-0.39, 0.29) is 41.3 Å². The Balaban J connectivity index is 1.43. The molecule has 1 aromatic carbocycles. The molecule has 1 aromatic heterocycles. The van der Waals surface area contributed by atoms with Crippen LogP contribution in [0.2, 0.25) is 0 Å². The monoisotopic (exact) mass is 428 g/mol. The number of hydrogen-bond donors (Lipinski definition) is 1. The van der Waals surface area contributed by atoms with Gasteiger partial charge in [0.2, 0.25) is 5.91 Å². The number of hydrogen-bond acceptors (Lipinski definition) is 5. The number of nitrogens with two attached hydrogens (primary N) is 1. The predicted octanol–water partition coefficient (Wildman–Crippen LogP) is 3.22. The van der Waals surface area contributed by atoms with E-state index in [0.29, 0.717) is 24.3 Å². The molecule has 1 aliphatic carbocycles. The van der Waals surface area contributed by atoms with Gasteiger partial charge in [-0.25, -0.2) is 9.07 Å². The number of anilines is 1. The maximum Gasteiger partial charge on any atom is 0.225 e. The predicted molar refractivity (Wildman–Crippen MR) is 114 cm³/mol. The minimum Gasteiger partial charge on any atom is -0.383 e. The number of rotatable bonds is 5. The first kappa shape index (κ1) is 21.5. The lowest BCUT2D eigenvalue weighted by Crippen LogP contribution is -2.45. The van der Waals surface area contributed by atoms with Crippen LogP contribution in [-0.2, 0) is 9.53 Å². The summed E-state index contributed by atoms with van der Waals surface area (Å²) < 4.78 is 20.0. The maximum atomic E-state index is 13.2. The molecule has 1 saturated heterocycles. The summed E-state index contributed by atoms with van der Waals surface area (Å²) in [6.45, 7) is 1.11. The van der Waals surface area contributed by atoms with Crippen molar-refractivity contribution in [3.05, 3.63) is 41.8 Å². The Bertz CT molecular complexity index is 935. The summed E-state index contributed by atoms with van der Waals surface area (Å²) in [6, 6.07) is 5.77. The van der Waals surface area contributed by atoms with Gasteiger partial charge in [-0.1, -0.05) is 0 Å². The number of likely N-dealkylation sites (tertiary alicyclic amines) is 1. The first-order valence-electron chi connectivity index (χ1n) is 10.9. The Morgan fingerprint density at radius 1 is 1.10 bits per heavy atom. The Morgan fingerprint density at radius 2 is 1.81 bits per heavy atom. The highest BCUT2D eigenvalue weighted by atomic mass is 19.1. The largest absolute Gasteiger partial charge is 0.383 e. The molecule has 1 saturated carbocycles. The fourth-order valence-corrected chi connectivity index (χ4v) is 4.75. The number of carbonyl (C=O) groups excluding carboxylic acids is 2. The van der Waals surface area contributed by atoms with Crippen molar-refractivity contribution in [2.24, 2.45) is 11.8 Å². The zero-order chi connectivity index (χ0) is 22.0.